The van der Waals surface area contributed by atoms with Gasteiger partial charge in [-0.2, -0.15) is 11.3 Å². The number of piperidine rings is 1. The van der Waals surface area contributed by atoms with Gasteiger partial charge in [-0.3, -0.25) is 0 Å². The van der Waals surface area contributed by atoms with Crippen LogP contribution in [0.5, 0.6) is 0 Å². The van der Waals surface area contributed by atoms with Crippen molar-refractivity contribution >= 4 is 17.0 Å². The third-order valence-electron chi connectivity index (χ3n) is 4.38. The fourth-order valence-electron chi connectivity index (χ4n) is 2.95. The van der Waals surface area contributed by atoms with Gasteiger partial charge in [0.05, 0.1) is 0 Å². The maximum atomic E-state index is 3.80. The monoisotopic (exact) mass is 264 g/mol. The van der Waals surface area contributed by atoms with Crippen LogP contribution >= 0.6 is 11.3 Å². The number of anilines is 1. The van der Waals surface area contributed by atoms with Gasteiger partial charge in [-0.05, 0) is 49.1 Å². The molecule has 3 heteroatoms. The Morgan fingerprint density at radius 3 is 2.89 bits per heavy atom. The van der Waals surface area contributed by atoms with E-state index < -0.39 is 0 Å². The predicted molar refractivity (Wildman–Crippen MR) is 79.4 cm³/mol. The molecule has 1 aliphatic heterocycles. The highest BCUT2D eigenvalue weighted by Gasteiger charge is 2.28. The quantitative estimate of drug-likeness (QED) is 0.877. The molecule has 2 atom stereocenters. The van der Waals surface area contributed by atoms with Crippen LogP contribution in [0.3, 0.4) is 0 Å². The van der Waals surface area contributed by atoms with Gasteiger partial charge in [-0.25, -0.2) is 0 Å². The summed E-state index contributed by atoms with van der Waals surface area (Å²) < 4.78 is 0. The zero-order chi connectivity index (χ0) is 12.4. The summed E-state index contributed by atoms with van der Waals surface area (Å²) >= 11 is 1.81. The summed E-state index contributed by atoms with van der Waals surface area (Å²) in [5, 5.41) is 8.28. The van der Waals surface area contributed by atoms with Gasteiger partial charge in [0.2, 0.25) is 0 Å². The highest BCUT2D eigenvalue weighted by atomic mass is 32.1. The second kappa shape index (κ2) is 5.62. The van der Waals surface area contributed by atoms with Crippen molar-refractivity contribution in [1.82, 2.24) is 5.32 Å². The lowest BCUT2D eigenvalue weighted by atomic mass is 9.92. The van der Waals surface area contributed by atoms with E-state index in [2.05, 4.69) is 34.0 Å². The minimum atomic E-state index is 0.698. The average Bonchev–Trinajstić information content (AvgIpc) is 3.07. The molecular weight excluding hydrogens is 240 g/mol. The van der Waals surface area contributed by atoms with E-state index in [0.29, 0.717) is 6.04 Å². The first-order chi connectivity index (χ1) is 8.85. The molecule has 0 aromatic carbocycles. The van der Waals surface area contributed by atoms with Gasteiger partial charge in [0.25, 0.3) is 0 Å². The normalized spacial score (nSPS) is 28.6. The Morgan fingerprint density at radius 1 is 1.33 bits per heavy atom. The fourth-order valence-corrected chi connectivity index (χ4v) is 3.61. The molecule has 1 saturated heterocycles. The third-order valence-corrected chi connectivity index (χ3v) is 5.05. The van der Waals surface area contributed by atoms with Crippen molar-refractivity contribution < 1.29 is 0 Å². The second-order valence-electron chi connectivity index (χ2n) is 5.95. The molecule has 100 valence electrons. The Morgan fingerprint density at radius 2 is 2.22 bits per heavy atom. The number of hydrogen-bond donors (Lipinski definition) is 1. The van der Waals surface area contributed by atoms with E-state index in [1.54, 1.807) is 0 Å². The van der Waals surface area contributed by atoms with Crippen molar-refractivity contribution in [3.8, 4) is 0 Å². The zero-order valence-corrected chi connectivity index (χ0v) is 12.1. The van der Waals surface area contributed by atoms with E-state index in [9.17, 15) is 0 Å². The molecule has 1 aliphatic carbocycles. The minimum absolute atomic E-state index is 0.698. The Bertz CT molecular complexity index is 359. The highest BCUT2D eigenvalue weighted by molar-refractivity contribution is 7.08. The maximum absolute atomic E-state index is 3.80. The van der Waals surface area contributed by atoms with Crippen molar-refractivity contribution in [1.29, 1.82) is 0 Å². The van der Waals surface area contributed by atoms with Crippen LogP contribution in [-0.2, 0) is 0 Å². The number of thiophene rings is 1. The minimum Gasteiger partial charge on any atom is -0.369 e. The predicted octanol–water partition coefficient (Wildman–Crippen LogP) is 3.35. The third kappa shape index (κ3) is 3.07. The number of hydrogen-bond acceptors (Lipinski definition) is 3. The van der Waals surface area contributed by atoms with Crippen LogP contribution in [0.15, 0.2) is 16.8 Å². The van der Waals surface area contributed by atoms with E-state index in [1.165, 1.54) is 51.0 Å². The molecule has 2 nitrogen and oxygen atoms in total. The SMILES string of the molecule is CCC1CC(NCC2CC2)CN(c2ccsc2)C1. The van der Waals surface area contributed by atoms with E-state index in [0.717, 1.165) is 11.8 Å². The zero-order valence-electron chi connectivity index (χ0n) is 11.3. The number of nitrogens with one attached hydrogen (secondary N) is 1. The van der Waals surface area contributed by atoms with Crippen LogP contribution < -0.4 is 10.2 Å². The summed E-state index contributed by atoms with van der Waals surface area (Å²) in [5.74, 6) is 1.84. The van der Waals surface area contributed by atoms with Gasteiger partial charge < -0.3 is 10.2 Å². The second-order valence-corrected chi connectivity index (χ2v) is 6.73. The lowest BCUT2D eigenvalue weighted by Crippen LogP contribution is -2.49. The molecule has 2 fully saturated rings. The fraction of sp³-hybridized carbons (Fsp3) is 0.733. The maximum Gasteiger partial charge on any atom is 0.0475 e. The molecule has 18 heavy (non-hydrogen) atoms. The van der Waals surface area contributed by atoms with Gasteiger partial charge in [0, 0.05) is 30.2 Å². The topological polar surface area (TPSA) is 15.3 Å². The van der Waals surface area contributed by atoms with E-state index in [-0.39, 0.29) is 0 Å². The summed E-state index contributed by atoms with van der Waals surface area (Å²) in [6.07, 6.45) is 5.57. The summed E-state index contributed by atoms with van der Waals surface area (Å²) in [7, 11) is 0. The summed E-state index contributed by atoms with van der Waals surface area (Å²) in [4.78, 5) is 2.58. The van der Waals surface area contributed by atoms with E-state index >= 15 is 0 Å². The van der Waals surface area contributed by atoms with Crippen molar-refractivity contribution in [2.75, 3.05) is 24.5 Å². The molecule has 0 radical (unpaired) electrons. The molecule has 2 aliphatic rings. The smallest absolute Gasteiger partial charge is 0.0475 e. The molecule has 0 spiro atoms. The van der Waals surface area contributed by atoms with Crippen LogP contribution in [-0.4, -0.2) is 25.7 Å². The molecular formula is C15H24N2S. The van der Waals surface area contributed by atoms with Gasteiger partial charge >= 0.3 is 0 Å². The van der Waals surface area contributed by atoms with Gasteiger partial charge in [0.15, 0.2) is 0 Å². The summed E-state index contributed by atoms with van der Waals surface area (Å²) in [6.45, 7) is 6.02. The lowest BCUT2D eigenvalue weighted by Gasteiger charge is -2.39. The van der Waals surface area contributed by atoms with Crippen LogP contribution in [0.4, 0.5) is 5.69 Å². The van der Waals surface area contributed by atoms with E-state index in [4.69, 9.17) is 0 Å². The first-order valence-corrected chi connectivity index (χ1v) is 8.30. The molecule has 0 amide bonds. The van der Waals surface area contributed by atoms with Crippen LogP contribution in [0.2, 0.25) is 0 Å². The summed E-state index contributed by atoms with van der Waals surface area (Å²) in [6, 6.07) is 2.96. The van der Waals surface area contributed by atoms with Crippen molar-refractivity contribution in [2.45, 2.75) is 38.6 Å². The number of nitrogens with zero attached hydrogens (tertiary/aromatic N) is 1. The number of rotatable bonds is 5. The van der Waals surface area contributed by atoms with Crippen molar-refractivity contribution in [3.05, 3.63) is 16.8 Å². The molecule has 3 rings (SSSR count). The van der Waals surface area contributed by atoms with E-state index in [1.807, 2.05) is 11.3 Å². The molecule has 0 bridgehead atoms. The standard InChI is InChI=1S/C15H24N2S/c1-2-12-7-14(16-8-13-3-4-13)10-17(9-12)15-5-6-18-11-15/h5-6,11-14,16H,2-4,7-10H2,1H3. The Hall–Kier alpha value is -0.540. The molecule has 1 aromatic heterocycles. The van der Waals surface area contributed by atoms with Crippen LogP contribution in [0.1, 0.15) is 32.6 Å². The van der Waals surface area contributed by atoms with Crippen LogP contribution in [0.25, 0.3) is 0 Å². The van der Waals surface area contributed by atoms with Crippen LogP contribution in [0, 0.1) is 11.8 Å². The van der Waals surface area contributed by atoms with Gasteiger partial charge in [-0.15, -0.1) is 0 Å². The Labute approximate surface area is 114 Å². The molecule has 1 N–H and O–H groups in total. The highest BCUT2D eigenvalue weighted by Crippen LogP contribution is 2.30. The summed E-state index contributed by atoms with van der Waals surface area (Å²) in [5.41, 5.74) is 1.43. The van der Waals surface area contributed by atoms with Gasteiger partial charge in [0.1, 0.15) is 0 Å². The van der Waals surface area contributed by atoms with Gasteiger partial charge in [-0.1, -0.05) is 13.3 Å². The first-order valence-electron chi connectivity index (χ1n) is 7.35. The molecule has 1 saturated carbocycles. The molecule has 2 unspecified atom stereocenters. The van der Waals surface area contributed by atoms with Crippen molar-refractivity contribution in [2.24, 2.45) is 11.8 Å². The first kappa shape index (κ1) is 12.5. The van der Waals surface area contributed by atoms with Crippen molar-refractivity contribution in [3.63, 3.8) is 0 Å². The lowest BCUT2D eigenvalue weighted by molar-refractivity contribution is 0.324. The molecule has 1 aromatic rings. The average molecular weight is 264 g/mol. The Kier molecular flexibility index (Phi) is 3.90. The molecule has 2 heterocycles. The Balaban J connectivity index is 1.60. The largest absolute Gasteiger partial charge is 0.369 e.